The molecule has 0 fully saturated rings. The predicted molar refractivity (Wildman–Crippen MR) is 104 cm³/mol. The van der Waals surface area contributed by atoms with Crippen LogP contribution in [0.15, 0.2) is 53.1 Å². The van der Waals surface area contributed by atoms with Gasteiger partial charge in [-0.25, -0.2) is 0 Å². The SMILES string of the molecule is CC1=CN(C(C)C)C(c2cc(C)c(=O)n(C)c2)[C@@H]1c1ccc(Cl)cc1. The van der Waals surface area contributed by atoms with Crippen molar-refractivity contribution in [3.8, 4) is 0 Å². The van der Waals surface area contributed by atoms with E-state index in [2.05, 4.69) is 44.0 Å². The first-order valence-electron chi connectivity index (χ1n) is 8.68. The second-order valence-electron chi connectivity index (χ2n) is 7.26. The van der Waals surface area contributed by atoms with Crippen LogP contribution in [0.5, 0.6) is 0 Å². The van der Waals surface area contributed by atoms with Gasteiger partial charge in [0.05, 0.1) is 6.04 Å². The average molecular weight is 357 g/mol. The Morgan fingerprint density at radius 2 is 1.72 bits per heavy atom. The number of pyridine rings is 1. The van der Waals surface area contributed by atoms with Gasteiger partial charge < -0.3 is 9.47 Å². The third-order valence-electron chi connectivity index (χ3n) is 5.03. The van der Waals surface area contributed by atoms with Gasteiger partial charge in [0, 0.05) is 35.8 Å². The summed E-state index contributed by atoms with van der Waals surface area (Å²) < 4.78 is 1.69. The van der Waals surface area contributed by atoms with E-state index >= 15 is 0 Å². The first-order valence-corrected chi connectivity index (χ1v) is 9.05. The van der Waals surface area contributed by atoms with Crippen LogP contribution in [0.4, 0.5) is 0 Å². The van der Waals surface area contributed by atoms with E-state index in [1.807, 2.05) is 38.4 Å². The molecule has 0 aliphatic carbocycles. The number of rotatable bonds is 3. The fraction of sp³-hybridized carbons (Fsp3) is 0.381. The van der Waals surface area contributed by atoms with Crippen LogP contribution in [0.1, 0.15) is 49.4 Å². The van der Waals surface area contributed by atoms with Crippen molar-refractivity contribution in [3.63, 3.8) is 0 Å². The molecule has 0 bridgehead atoms. The Morgan fingerprint density at radius 3 is 2.28 bits per heavy atom. The van der Waals surface area contributed by atoms with Gasteiger partial charge in [0.1, 0.15) is 0 Å². The number of aryl methyl sites for hydroxylation is 2. The maximum atomic E-state index is 12.1. The summed E-state index contributed by atoms with van der Waals surface area (Å²) in [4.78, 5) is 14.5. The fourth-order valence-corrected chi connectivity index (χ4v) is 3.96. The maximum Gasteiger partial charge on any atom is 0.253 e. The Kier molecular flexibility index (Phi) is 4.79. The lowest BCUT2D eigenvalue weighted by molar-refractivity contribution is 0.235. The molecule has 0 amide bonds. The molecule has 132 valence electrons. The Hall–Kier alpha value is -2.00. The van der Waals surface area contributed by atoms with Crippen molar-refractivity contribution in [2.24, 2.45) is 7.05 Å². The van der Waals surface area contributed by atoms with Crippen LogP contribution in [0, 0.1) is 6.92 Å². The van der Waals surface area contributed by atoms with E-state index in [1.165, 1.54) is 16.7 Å². The van der Waals surface area contributed by atoms with Crippen LogP contribution in [-0.4, -0.2) is 15.5 Å². The smallest absolute Gasteiger partial charge is 0.253 e. The topological polar surface area (TPSA) is 25.2 Å². The van der Waals surface area contributed by atoms with Gasteiger partial charge in [0.25, 0.3) is 5.56 Å². The fourth-order valence-electron chi connectivity index (χ4n) is 3.84. The van der Waals surface area contributed by atoms with Crippen molar-refractivity contribution >= 4 is 11.6 Å². The van der Waals surface area contributed by atoms with Gasteiger partial charge in [-0.05, 0) is 68.8 Å². The molecule has 2 aromatic rings. The summed E-state index contributed by atoms with van der Waals surface area (Å²) in [7, 11) is 1.82. The maximum absolute atomic E-state index is 12.1. The lowest BCUT2D eigenvalue weighted by Crippen LogP contribution is -2.31. The van der Waals surface area contributed by atoms with Crippen molar-refractivity contribution in [3.05, 3.63) is 80.4 Å². The monoisotopic (exact) mass is 356 g/mol. The summed E-state index contributed by atoms with van der Waals surface area (Å²) in [5.41, 5.74) is 4.58. The highest BCUT2D eigenvalue weighted by Gasteiger charge is 2.37. The number of nitrogens with zero attached hydrogens (tertiary/aromatic N) is 2. The van der Waals surface area contributed by atoms with E-state index in [4.69, 9.17) is 11.6 Å². The first kappa shape index (κ1) is 17.8. The normalized spacial score (nSPS) is 20.3. The zero-order chi connectivity index (χ0) is 18.3. The molecule has 1 aliphatic heterocycles. The van der Waals surface area contributed by atoms with Crippen molar-refractivity contribution in [2.75, 3.05) is 0 Å². The molecule has 4 heteroatoms. The van der Waals surface area contributed by atoms with E-state index in [0.717, 1.165) is 10.6 Å². The quantitative estimate of drug-likeness (QED) is 0.789. The van der Waals surface area contributed by atoms with Gasteiger partial charge in [0.15, 0.2) is 0 Å². The van der Waals surface area contributed by atoms with Gasteiger partial charge in [-0.2, -0.15) is 0 Å². The minimum Gasteiger partial charge on any atom is -0.367 e. The first-order chi connectivity index (χ1) is 11.8. The summed E-state index contributed by atoms with van der Waals surface area (Å²) in [6.07, 6.45) is 4.24. The molecule has 1 unspecified atom stereocenters. The van der Waals surface area contributed by atoms with Crippen molar-refractivity contribution in [1.82, 2.24) is 9.47 Å². The van der Waals surface area contributed by atoms with Crippen molar-refractivity contribution < 1.29 is 0 Å². The summed E-state index contributed by atoms with van der Waals surface area (Å²) in [6.45, 7) is 8.48. The Bertz CT molecular complexity index is 838. The molecule has 0 N–H and O–H groups in total. The second kappa shape index (κ2) is 6.72. The summed E-state index contributed by atoms with van der Waals surface area (Å²) in [5.74, 6) is 0.247. The highest BCUT2D eigenvalue weighted by molar-refractivity contribution is 6.30. The Morgan fingerprint density at radius 1 is 1.08 bits per heavy atom. The molecule has 0 spiro atoms. The van der Waals surface area contributed by atoms with Gasteiger partial charge in [-0.1, -0.05) is 23.7 Å². The minimum atomic E-state index is 0.0607. The Balaban J connectivity index is 2.14. The van der Waals surface area contributed by atoms with E-state index in [-0.39, 0.29) is 17.5 Å². The molecular weight excluding hydrogens is 332 g/mol. The van der Waals surface area contributed by atoms with Crippen LogP contribution in [0.25, 0.3) is 0 Å². The molecular formula is C21H25ClN2O. The molecule has 3 rings (SSSR count). The molecule has 3 nitrogen and oxygen atoms in total. The lowest BCUT2D eigenvalue weighted by atomic mass is 9.84. The van der Waals surface area contributed by atoms with Crippen molar-refractivity contribution in [1.29, 1.82) is 0 Å². The van der Waals surface area contributed by atoms with Crippen LogP contribution in [-0.2, 0) is 7.05 Å². The number of benzene rings is 1. The second-order valence-corrected chi connectivity index (χ2v) is 7.70. The van der Waals surface area contributed by atoms with Crippen LogP contribution < -0.4 is 5.56 Å². The molecule has 1 aliphatic rings. The Labute approximate surface area is 154 Å². The molecule has 0 saturated carbocycles. The van der Waals surface area contributed by atoms with Crippen LogP contribution in [0.2, 0.25) is 5.02 Å². The predicted octanol–water partition coefficient (Wildman–Crippen LogP) is 4.80. The van der Waals surface area contributed by atoms with Crippen molar-refractivity contribution in [2.45, 2.75) is 45.7 Å². The number of halogens is 1. The third kappa shape index (κ3) is 3.25. The summed E-state index contributed by atoms with van der Waals surface area (Å²) in [6, 6.07) is 10.7. The number of aromatic nitrogens is 1. The van der Waals surface area contributed by atoms with Gasteiger partial charge >= 0.3 is 0 Å². The summed E-state index contributed by atoms with van der Waals surface area (Å²) >= 11 is 6.08. The van der Waals surface area contributed by atoms with E-state index in [0.29, 0.717) is 6.04 Å². The molecule has 2 atom stereocenters. The molecule has 1 aromatic heterocycles. The minimum absolute atomic E-state index is 0.0607. The molecule has 0 radical (unpaired) electrons. The largest absolute Gasteiger partial charge is 0.367 e. The highest BCUT2D eigenvalue weighted by Crippen LogP contribution is 2.47. The van der Waals surface area contributed by atoms with E-state index in [9.17, 15) is 4.79 Å². The number of hydrogen-bond acceptors (Lipinski definition) is 2. The van der Waals surface area contributed by atoms with Gasteiger partial charge in [-0.3, -0.25) is 4.79 Å². The molecule has 0 saturated heterocycles. The van der Waals surface area contributed by atoms with Crippen LogP contribution >= 0.6 is 11.6 Å². The molecule has 1 aromatic carbocycles. The van der Waals surface area contributed by atoms with Crippen LogP contribution in [0.3, 0.4) is 0 Å². The highest BCUT2D eigenvalue weighted by atomic mass is 35.5. The number of hydrogen-bond donors (Lipinski definition) is 0. The van der Waals surface area contributed by atoms with Gasteiger partial charge in [0.2, 0.25) is 0 Å². The molecule has 2 heterocycles. The summed E-state index contributed by atoms with van der Waals surface area (Å²) in [5, 5.41) is 0.749. The lowest BCUT2D eigenvalue weighted by Gasteiger charge is -2.34. The third-order valence-corrected chi connectivity index (χ3v) is 5.28. The zero-order valence-corrected chi connectivity index (χ0v) is 16.2. The van der Waals surface area contributed by atoms with E-state index < -0.39 is 0 Å². The van der Waals surface area contributed by atoms with Gasteiger partial charge in [-0.15, -0.1) is 0 Å². The standard InChI is InChI=1S/C21H25ClN2O/c1-13(2)24-11-15(4)19(16-6-8-18(22)9-7-16)20(24)17-10-14(3)21(25)23(5)12-17/h6-13,19-20H,1-5H3/t19-,20?/m0/s1. The zero-order valence-electron chi connectivity index (χ0n) is 15.5. The molecule has 25 heavy (non-hydrogen) atoms. The van der Waals surface area contributed by atoms with E-state index in [1.54, 1.807) is 4.57 Å². The average Bonchev–Trinajstić information content (AvgIpc) is 2.90.